The van der Waals surface area contributed by atoms with Gasteiger partial charge in [-0.2, -0.15) is 5.10 Å². The van der Waals surface area contributed by atoms with Crippen molar-refractivity contribution < 1.29 is 4.39 Å². The number of alkyl halides is 1. The van der Waals surface area contributed by atoms with Gasteiger partial charge >= 0.3 is 0 Å². The molecule has 0 saturated carbocycles. The molecule has 0 amide bonds. The van der Waals surface area contributed by atoms with E-state index in [1.807, 2.05) is 13.8 Å². The van der Waals surface area contributed by atoms with Crippen molar-refractivity contribution in [2.24, 2.45) is 0 Å². The molecule has 0 spiro atoms. The number of halogens is 2. The van der Waals surface area contributed by atoms with Crippen LogP contribution in [0.4, 0.5) is 4.39 Å². The average Bonchev–Trinajstić information content (AvgIpc) is 2.55. The minimum Gasteiger partial charge on any atom is -0.235 e. The van der Waals surface area contributed by atoms with Gasteiger partial charge in [0.25, 0.3) is 0 Å². The molecule has 0 unspecified atom stereocenters. The average molecular weight is 239 g/mol. The second-order valence-corrected chi connectivity index (χ2v) is 3.91. The Hall–Kier alpha value is -1.35. The summed E-state index contributed by atoms with van der Waals surface area (Å²) in [7, 11) is 0. The number of hydrogen-bond donors (Lipinski definition) is 0. The van der Waals surface area contributed by atoms with Gasteiger partial charge in [-0.05, 0) is 26.0 Å². The molecular formula is C12H12ClFN2. The van der Waals surface area contributed by atoms with E-state index in [1.165, 1.54) is 6.07 Å². The van der Waals surface area contributed by atoms with E-state index in [4.69, 9.17) is 11.6 Å². The smallest absolute Gasteiger partial charge is 0.148 e. The van der Waals surface area contributed by atoms with Crippen LogP contribution in [0.1, 0.15) is 17.0 Å². The lowest BCUT2D eigenvalue weighted by atomic mass is 10.2. The standard InChI is InChI=1S/C12H12ClFN2/c1-8-10(7-13)9(2)16(15-8)12-6-4-3-5-11(12)14/h3-6H,7H2,1-2H3. The van der Waals surface area contributed by atoms with Crippen molar-refractivity contribution in [1.29, 1.82) is 0 Å². The van der Waals surface area contributed by atoms with Crippen LogP contribution >= 0.6 is 11.6 Å². The first-order valence-corrected chi connectivity index (χ1v) is 5.54. The van der Waals surface area contributed by atoms with E-state index in [1.54, 1.807) is 22.9 Å². The Kier molecular flexibility index (Phi) is 2.97. The van der Waals surface area contributed by atoms with Crippen molar-refractivity contribution in [3.8, 4) is 5.69 Å². The lowest BCUT2D eigenvalue weighted by Crippen LogP contribution is -2.02. The van der Waals surface area contributed by atoms with Crippen LogP contribution in [0.5, 0.6) is 0 Å². The number of nitrogens with zero attached hydrogens (tertiary/aromatic N) is 2. The number of benzene rings is 1. The molecule has 0 aliphatic heterocycles. The minimum atomic E-state index is -0.283. The molecule has 4 heteroatoms. The second-order valence-electron chi connectivity index (χ2n) is 3.65. The van der Waals surface area contributed by atoms with Gasteiger partial charge in [-0.1, -0.05) is 12.1 Å². The van der Waals surface area contributed by atoms with Crippen LogP contribution in [0, 0.1) is 19.7 Å². The molecule has 2 rings (SSSR count). The van der Waals surface area contributed by atoms with Gasteiger partial charge in [0.1, 0.15) is 11.5 Å². The van der Waals surface area contributed by atoms with E-state index >= 15 is 0 Å². The predicted molar refractivity (Wildman–Crippen MR) is 62.6 cm³/mol. The molecule has 0 saturated heterocycles. The number of rotatable bonds is 2. The summed E-state index contributed by atoms with van der Waals surface area (Å²) in [4.78, 5) is 0. The number of aromatic nitrogens is 2. The van der Waals surface area contributed by atoms with Gasteiger partial charge < -0.3 is 0 Å². The van der Waals surface area contributed by atoms with Crippen molar-refractivity contribution in [1.82, 2.24) is 9.78 Å². The van der Waals surface area contributed by atoms with Crippen LogP contribution in [0.25, 0.3) is 5.69 Å². The van der Waals surface area contributed by atoms with Gasteiger partial charge in [-0.3, -0.25) is 0 Å². The Morgan fingerprint density at radius 3 is 2.56 bits per heavy atom. The summed E-state index contributed by atoms with van der Waals surface area (Å²) < 4.78 is 15.2. The second kappa shape index (κ2) is 4.26. The molecule has 84 valence electrons. The van der Waals surface area contributed by atoms with E-state index in [-0.39, 0.29) is 5.82 Å². The van der Waals surface area contributed by atoms with Crippen molar-refractivity contribution in [3.63, 3.8) is 0 Å². The van der Waals surface area contributed by atoms with Crippen LogP contribution in [0.3, 0.4) is 0 Å². The van der Waals surface area contributed by atoms with Crippen LogP contribution in [0.2, 0.25) is 0 Å². The van der Waals surface area contributed by atoms with Crippen molar-refractivity contribution in [2.75, 3.05) is 0 Å². The quantitative estimate of drug-likeness (QED) is 0.734. The van der Waals surface area contributed by atoms with Gasteiger partial charge in [-0.25, -0.2) is 9.07 Å². The molecule has 1 aromatic carbocycles. The highest BCUT2D eigenvalue weighted by Crippen LogP contribution is 2.20. The third-order valence-corrected chi connectivity index (χ3v) is 2.92. The highest BCUT2D eigenvalue weighted by atomic mass is 35.5. The van der Waals surface area contributed by atoms with Crippen LogP contribution in [-0.4, -0.2) is 9.78 Å². The molecule has 0 N–H and O–H groups in total. The largest absolute Gasteiger partial charge is 0.235 e. The normalized spacial score (nSPS) is 10.8. The molecule has 16 heavy (non-hydrogen) atoms. The van der Waals surface area contributed by atoms with Gasteiger partial charge in [0.05, 0.1) is 11.6 Å². The first kappa shape index (κ1) is 11.1. The molecule has 0 bridgehead atoms. The zero-order valence-corrected chi connectivity index (χ0v) is 9.92. The maximum atomic E-state index is 13.6. The number of para-hydroxylation sites is 1. The van der Waals surface area contributed by atoms with E-state index < -0.39 is 0 Å². The Morgan fingerprint density at radius 1 is 1.31 bits per heavy atom. The van der Waals surface area contributed by atoms with Gasteiger partial charge in [0, 0.05) is 11.3 Å². The van der Waals surface area contributed by atoms with Crippen LogP contribution in [0.15, 0.2) is 24.3 Å². The zero-order valence-electron chi connectivity index (χ0n) is 9.17. The van der Waals surface area contributed by atoms with Crippen molar-refractivity contribution in [2.45, 2.75) is 19.7 Å². The Balaban J connectivity index is 2.62. The van der Waals surface area contributed by atoms with E-state index in [2.05, 4.69) is 5.10 Å². The van der Waals surface area contributed by atoms with Gasteiger partial charge in [-0.15, -0.1) is 11.6 Å². The fourth-order valence-electron chi connectivity index (χ4n) is 1.73. The van der Waals surface area contributed by atoms with Crippen LogP contribution in [-0.2, 0) is 5.88 Å². The molecule has 0 radical (unpaired) electrons. The topological polar surface area (TPSA) is 17.8 Å². The molecule has 0 aliphatic carbocycles. The molecular weight excluding hydrogens is 227 g/mol. The fourth-order valence-corrected chi connectivity index (χ4v) is 2.11. The van der Waals surface area contributed by atoms with Crippen LogP contribution < -0.4 is 0 Å². The van der Waals surface area contributed by atoms with E-state index in [9.17, 15) is 4.39 Å². The summed E-state index contributed by atoms with van der Waals surface area (Å²) in [6.07, 6.45) is 0. The first-order chi connectivity index (χ1) is 7.65. The SMILES string of the molecule is Cc1nn(-c2ccccc2F)c(C)c1CCl. The molecule has 0 atom stereocenters. The summed E-state index contributed by atoms with van der Waals surface area (Å²) in [5.41, 5.74) is 3.15. The highest BCUT2D eigenvalue weighted by molar-refractivity contribution is 6.17. The molecule has 1 heterocycles. The summed E-state index contributed by atoms with van der Waals surface area (Å²) in [6, 6.07) is 6.57. The summed E-state index contributed by atoms with van der Waals surface area (Å²) in [5.74, 6) is 0.112. The third kappa shape index (κ3) is 1.71. The molecule has 0 fully saturated rings. The van der Waals surface area contributed by atoms with Crippen molar-refractivity contribution >= 4 is 11.6 Å². The number of hydrogen-bond acceptors (Lipinski definition) is 1. The van der Waals surface area contributed by atoms with Gasteiger partial charge in [0.2, 0.25) is 0 Å². The third-order valence-electron chi connectivity index (χ3n) is 2.66. The van der Waals surface area contributed by atoms with Gasteiger partial charge in [0.15, 0.2) is 0 Å². The first-order valence-electron chi connectivity index (χ1n) is 5.01. The predicted octanol–water partition coefficient (Wildman–Crippen LogP) is 3.37. The Bertz CT molecular complexity index is 520. The van der Waals surface area contributed by atoms with E-state index in [0.29, 0.717) is 11.6 Å². The number of aryl methyl sites for hydroxylation is 1. The Labute approximate surface area is 98.7 Å². The maximum absolute atomic E-state index is 13.6. The lowest BCUT2D eigenvalue weighted by molar-refractivity contribution is 0.608. The maximum Gasteiger partial charge on any atom is 0.148 e. The molecule has 2 aromatic rings. The minimum absolute atomic E-state index is 0.283. The molecule has 2 nitrogen and oxygen atoms in total. The van der Waals surface area contributed by atoms with Crippen molar-refractivity contribution in [3.05, 3.63) is 47.0 Å². The summed E-state index contributed by atoms with van der Waals surface area (Å²) >= 11 is 5.83. The monoisotopic (exact) mass is 238 g/mol. The molecule has 0 aliphatic rings. The summed E-state index contributed by atoms with van der Waals surface area (Å²) in [6.45, 7) is 3.77. The zero-order chi connectivity index (χ0) is 11.7. The fraction of sp³-hybridized carbons (Fsp3) is 0.250. The Morgan fingerprint density at radius 2 is 2.00 bits per heavy atom. The van der Waals surface area contributed by atoms with E-state index in [0.717, 1.165) is 17.0 Å². The highest BCUT2D eigenvalue weighted by Gasteiger charge is 2.13. The summed E-state index contributed by atoms with van der Waals surface area (Å²) in [5, 5.41) is 4.30. The lowest BCUT2D eigenvalue weighted by Gasteiger charge is -2.05. The molecule has 1 aromatic heterocycles.